The molecule has 0 fully saturated rings. The Balaban J connectivity index is 0.00000119. The molecule has 0 saturated carbocycles. The lowest BCUT2D eigenvalue weighted by Crippen LogP contribution is -2.08. The van der Waals surface area contributed by atoms with Crippen molar-refractivity contribution in [1.82, 2.24) is 0 Å². The highest BCUT2D eigenvalue weighted by Crippen LogP contribution is 2.26. The summed E-state index contributed by atoms with van der Waals surface area (Å²) in [4.78, 5) is 0. The van der Waals surface area contributed by atoms with Gasteiger partial charge < -0.3 is 0 Å². The molecule has 8 rings (SSSR count). The summed E-state index contributed by atoms with van der Waals surface area (Å²) >= 11 is 0. The number of aryl methyl sites for hydroxylation is 4. The molecule has 0 N–H and O–H groups in total. The van der Waals surface area contributed by atoms with E-state index in [0.29, 0.717) is 27.7 Å². The lowest BCUT2D eigenvalue weighted by Gasteiger charge is -2.18. The molecule has 0 spiro atoms. The van der Waals surface area contributed by atoms with Gasteiger partial charge in [0.15, 0.2) is 0 Å². The second kappa shape index (κ2) is 41.0. The first-order chi connectivity index (χ1) is 47.5. The van der Waals surface area contributed by atoms with E-state index >= 15 is 0 Å². The van der Waals surface area contributed by atoms with Gasteiger partial charge >= 0.3 is 0 Å². The van der Waals surface area contributed by atoms with Gasteiger partial charge in [0.25, 0.3) is 0 Å². The maximum absolute atomic E-state index is 8.12. The van der Waals surface area contributed by atoms with Crippen LogP contribution in [0, 0.1) is 89.9 Å². The Kier molecular flexibility index (Phi) is 24.0. The number of benzene rings is 8. The van der Waals surface area contributed by atoms with Crippen LogP contribution in [0.1, 0.15) is 232 Å². The number of hydrogen-bond donors (Lipinski definition) is 0. The van der Waals surface area contributed by atoms with Crippen molar-refractivity contribution in [2.75, 3.05) is 0 Å². The maximum atomic E-state index is 8.12. The molecule has 0 nitrogen and oxygen atoms in total. The lowest BCUT2D eigenvalue weighted by molar-refractivity contribution is 0.398. The second-order valence-corrected chi connectivity index (χ2v) is 25.6. The minimum Gasteiger partial charge on any atom is -0.0683 e. The van der Waals surface area contributed by atoms with E-state index in [9.17, 15) is 0 Å². The molecule has 0 bridgehead atoms. The average Bonchev–Trinajstić information content (AvgIpc) is 0.749. The molecule has 0 aliphatic rings. The quantitative estimate of drug-likeness (QED) is 0.156. The van der Waals surface area contributed by atoms with Crippen LogP contribution in [0.25, 0.3) is 22.3 Å². The summed E-state index contributed by atoms with van der Waals surface area (Å²) in [5.41, 5.74) is 13.2. The molecule has 0 saturated heterocycles. The summed E-state index contributed by atoms with van der Waals surface area (Å²) in [5.74, 6) is 0.132. The topological polar surface area (TPSA) is 0 Å². The van der Waals surface area contributed by atoms with E-state index < -0.39 is 30.9 Å². The summed E-state index contributed by atoms with van der Waals surface area (Å²) in [6.07, 6.45) is -4.14. The van der Waals surface area contributed by atoms with Gasteiger partial charge in [-0.15, -0.1) is 0 Å². The normalized spacial score (nSPS) is 14.7. The summed E-state index contributed by atoms with van der Waals surface area (Å²) in [6.45, 7) is 50.6. The minimum atomic E-state index is -1.93. The zero-order valence-corrected chi connectivity index (χ0v) is 57.8. The molecule has 0 aliphatic heterocycles. The van der Waals surface area contributed by atoms with Crippen LogP contribution in [0.3, 0.4) is 0 Å². The zero-order chi connectivity index (χ0) is 82.6. The molecule has 85 heavy (non-hydrogen) atoms. The smallest absolute Gasteiger partial charge is 0.0628 e. The Bertz CT molecular complexity index is 3620. The first kappa shape index (κ1) is 49.8. The molecule has 0 radical (unpaired) electrons. The first-order valence-corrected chi connectivity index (χ1v) is 30.0. The van der Waals surface area contributed by atoms with Gasteiger partial charge in [0, 0.05) is 11.0 Å². The molecule has 8 aromatic rings. The third kappa shape index (κ3) is 43.1. The highest BCUT2D eigenvalue weighted by molar-refractivity contribution is 5.64. The van der Waals surface area contributed by atoms with Crippen LogP contribution >= 0.6 is 0 Å². The molecule has 0 heteroatoms. The Labute approximate surface area is 554 Å². The van der Waals surface area contributed by atoms with Crippen molar-refractivity contribution in [3.05, 3.63) is 261 Å². The Morgan fingerprint density at radius 3 is 0.824 bits per heavy atom. The molecule has 0 heterocycles. The molecular formula is C85H124. The highest BCUT2D eigenvalue weighted by Gasteiger charge is 2.13. The third-order valence-electron chi connectivity index (χ3n) is 11.4. The van der Waals surface area contributed by atoms with Gasteiger partial charge in [-0.2, -0.15) is 0 Å². The first-order valence-electron chi connectivity index (χ1n) is 40.0. The second-order valence-electron chi connectivity index (χ2n) is 25.6. The molecule has 0 aliphatic carbocycles. The fourth-order valence-corrected chi connectivity index (χ4v) is 6.55. The van der Waals surface area contributed by atoms with Crippen LogP contribution in [-0.2, 0) is 19.2 Å². The Morgan fingerprint density at radius 1 is 0.318 bits per heavy atom. The molecule has 0 unspecified atom stereocenters. The van der Waals surface area contributed by atoms with Gasteiger partial charge in [-0.3, -0.25) is 0 Å². The van der Waals surface area contributed by atoms with Gasteiger partial charge in [0.05, 0.1) is 16.4 Å². The third-order valence-corrected chi connectivity index (χ3v) is 11.4. The molecular weight excluding hydrogens is 1020 g/mol. The van der Waals surface area contributed by atoms with Crippen LogP contribution < -0.4 is 0 Å². The molecule has 464 valence electrons. The van der Waals surface area contributed by atoms with E-state index in [4.69, 9.17) is 27.4 Å². The van der Waals surface area contributed by atoms with Crippen molar-refractivity contribution in [3.63, 3.8) is 0 Å². The van der Waals surface area contributed by atoms with Gasteiger partial charge in [-0.1, -0.05) is 381 Å². The van der Waals surface area contributed by atoms with Crippen molar-refractivity contribution >= 4 is 0 Å². The summed E-state index contributed by atoms with van der Waals surface area (Å²) < 4.78 is 152. The van der Waals surface area contributed by atoms with Gasteiger partial charge in [0.1, 0.15) is 0 Å². The van der Waals surface area contributed by atoms with Crippen molar-refractivity contribution in [2.24, 2.45) is 27.6 Å². The molecule has 0 aromatic heterocycles. The van der Waals surface area contributed by atoms with Crippen LogP contribution in [0.4, 0.5) is 0 Å². The predicted octanol–water partition coefficient (Wildman–Crippen LogP) is 26.5. The Morgan fingerprint density at radius 2 is 0.565 bits per heavy atom. The van der Waals surface area contributed by atoms with Crippen molar-refractivity contribution in [1.29, 1.82) is 0 Å². The zero-order valence-electron chi connectivity index (χ0n) is 77.8. The standard InChI is InChI=1S/C18H22.C14H14.2C12H18.2C8H10.C6H14.C5H12.C2H6/c1-14-5-9-16(10-6-14)17-11-7-15(8-12-17)13-18(2,3)4;1-11-3-7-13(8-4-11)14-9-5-12(2)6-10-14;2*1-10-5-7-11(8-6-10)9-12(2,3)4;1-7-3-5-8(2)6-4-7;1-7-4-3-5-8(2)6-7;1-5-6(2,3)4;1-4-5(2)3;1-2/h5-12H,13H2,1-4H3;3-10H,1-2H3;2*5-8H,9H2,1-4H3;2*3-6H,1-2H3;5H2,1-4H3;5H,4H2,1-3H3;1-2H3/i;;5D,6D,7D,8D,9D2;9D2;2*3D,4D,5D,6D;5D2;4D2;. The minimum absolute atomic E-state index is 0.00407. The monoisotopic (exact) mass is 1170 g/mol. The van der Waals surface area contributed by atoms with Crippen molar-refractivity contribution in [3.8, 4) is 22.3 Å². The largest absolute Gasteiger partial charge is 0.0683 e. The highest BCUT2D eigenvalue weighted by atomic mass is 14.2. The van der Waals surface area contributed by atoms with Gasteiger partial charge in [-0.05, 0) is 148 Å². The van der Waals surface area contributed by atoms with E-state index in [-0.39, 0.29) is 100 Å². The van der Waals surface area contributed by atoms with Crippen LogP contribution in [0.2, 0.25) is 0 Å². The van der Waals surface area contributed by atoms with Crippen LogP contribution in [-0.4, -0.2) is 0 Å². The predicted molar refractivity (Wildman–Crippen MR) is 388 cm³/mol. The number of rotatable bonds is 6. The van der Waals surface area contributed by atoms with Crippen molar-refractivity contribution < 1.29 is 27.4 Å². The lowest BCUT2D eigenvalue weighted by atomic mass is 9.87. The Hall–Kier alpha value is -6.24. The molecule has 0 amide bonds. The van der Waals surface area contributed by atoms with E-state index in [0.717, 1.165) is 12.0 Å². The SMILES string of the molecule is CC.Cc1ccc(-c2ccc(C)cc2)cc1.Cc1ccc(-c2ccc(CC(C)(C)C)cc2)cc1.[2H]C([2H])(C)C(C)(C)C.[2H]C([2H])(C)C(C)C.[2H]C([2H])(c1ccc(C)cc1)C(C)(C)C.[2H]c1c([2H])c(C([2H])([2H])C(C)(C)C)c([2H])c([2H])c1C.[2H]c1c([2H])c(C)c([2H])c(C)c1[2H].[2H]c1c([2H])c(C)c([2H])c([2H])c1C. The molecule has 0 atom stereocenters. The van der Waals surface area contributed by atoms with E-state index in [1.165, 1.54) is 57.0 Å². The summed E-state index contributed by atoms with van der Waals surface area (Å²) in [5, 5.41) is 0. The maximum Gasteiger partial charge on any atom is 0.0628 e. The summed E-state index contributed by atoms with van der Waals surface area (Å²) in [7, 11) is 0. The van der Waals surface area contributed by atoms with Gasteiger partial charge in [0.2, 0.25) is 0 Å². The number of hydrogen-bond acceptors (Lipinski definition) is 0. The molecule has 8 aromatic carbocycles. The van der Waals surface area contributed by atoms with Crippen LogP contribution in [0.15, 0.2) is 194 Å². The summed E-state index contributed by atoms with van der Waals surface area (Å²) in [6, 6.07) is 42.1. The van der Waals surface area contributed by atoms with Crippen molar-refractivity contribution in [2.45, 2.75) is 219 Å². The average molecular weight is 1170 g/mol. The van der Waals surface area contributed by atoms with E-state index in [2.05, 4.69) is 139 Å². The fraction of sp³-hybridized carbons (Fsp3) is 0.435. The van der Waals surface area contributed by atoms with E-state index in [1.807, 2.05) is 100 Å². The fourth-order valence-electron chi connectivity index (χ4n) is 6.55. The van der Waals surface area contributed by atoms with E-state index in [1.54, 1.807) is 62.3 Å². The van der Waals surface area contributed by atoms with Gasteiger partial charge in [-0.25, -0.2) is 0 Å². The van der Waals surface area contributed by atoms with Crippen LogP contribution in [0.5, 0.6) is 0 Å².